The Bertz CT molecular complexity index is 139. The lowest BCUT2D eigenvalue weighted by Gasteiger charge is -2.32. The first-order chi connectivity index (χ1) is 5.88. The second-order valence-corrected chi connectivity index (χ2v) is 4.31. The summed E-state index contributed by atoms with van der Waals surface area (Å²) < 4.78 is 0. The minimum atomic E-state index is 0.772. The Morgan fingerprint density at radius 1 is 1.42 bits per heavy atom. The van der Waals surface area contributed by atoms with Gasteiger partial charge in [-0.15, -0.1) is 0 Å². The van der Waals surface area contributed by atoms with Crippen molar-refractivity contribution >= 4 is 0 Å². The maximum Gasteiger partial charge on any atom is 0.0319 e. The third kappa shape index (κ3) is 2.20. The van der Waals surface area contributed by atoms with Crippen molar-refractivity contribution in [1.29, 1.82) is 0 Å². The van der Waals surface area contributed by atoms with E-state index >= 15 is 0 Å². The Morgan fingerprint density at radius 2 is 2.17 bits per heavy atom. The van der Waals surface area contributed by atoms with Crippen LogP contribution in [0.5, 0.6) is 0 Å². The molecule has 0 aromatic heterocycles. The minimum absolute atomic E-state index is 0.772. The molecule has 0 aromatic rings. The van der Waals surface area contributed by atoms with Gasteiger partial charge in [-0.1, -0.05) is 19.8 Å². The molecule has 1 atom stereocenters. The van der Waals surface area contributed by atoms with Crippen molar-refractivity contribution in [3.05, 3.63) is 0 Å². The summed E-state index contributed by atoms with van der Waals surface area (Å²) >= 11 is 0. The van der Waals surface area contributed by atoms with E-state index in [9.17, 15) is 0 Å². The molecule has 1 unspecified atom stereocenters. The fourth-order valence-electron chi connectivity index (χ4n) is 1.85. The zero-order chi connectivity index (χ0) is 8.39. The molecule has 1 aliphatic heterocycles. The van der Waals surface area contributed by atoms with Gasteiger partial charge in [0.1, 0.15) is 0 Å². The van der Waals surface area contributed by atoms with Gasteiger partial charge < -0.3 is 10.6 Å². The molecular formula is C10H20N2. The Kier molecular flexibility index (Phi) is 2.66. The maximum atomic E-state index is 3.71. The van der Waals surface area contributed by atoms with E-state index in [2.05, 4.69) is 17.6 Å². The fraction of sp³-hybridized carbons (Fsp3) is 1.00. The van der Waals surface area contributed by atoms with Gasteiger partial charge in [0.25, 0.3) is 0 Å². The predicted octanol–water partition coefficient (Wildman–Crippen LogP) is 1.13. The highest BCUT2D eigenvalue weighted by Crippen LogP contribution is 2.34. The molecule has 1 aliphatic carbocycles. The van der Waals surface area contributed by atoms with Crippen LogP contribution in [-0.2, 0) is 0 Å². The third-order valence-electron chi connectivity index (χ3n) is 3.06. The highest BCUT2D eigenvalue weighted by molar-refractivity contribution is 4.87. The molecule has 70 valence electrons. The molecular weight excluding hydrogens is 148 g/mol. The van der Waals surface area contributed by atoms with Crippen LogP contribution in [-0.4, -0.2) is 25.2 Å². The first-order valence-electron chi connectivity index (χ1n) is 5.35. The van der Waals surface area contributed by atoms with Crippen molar-refractivity contribution in [2.75, 3.05) is 13.1 Å². The third-order valence-corrected chi connectivity index (χ3v) is 3.06. The van der Waals surface area contributed by atoms with Crippen molar-refractivity contribution in [1.82, 2.24) is 10.6 Å². The summed E-state index contributed by atoms with van der Waals surface area (Å²) in [5.41, 5.74) is 0. The Morgan fingerprint density at radius 3 is 2.58 bits per heavy atom. The summed E-state index contributed by atoms with van der Waals surface area (Å²) in [4.78, 5) is 0. The highest BCUT2D eigenvalue weighted by Gasteiger charge is 2.27. The number of hydrogen-bond acceptors (Lipinski definition) is 2. The van der Waals surface area contributed by atoms with Crippen molar-refractivity contribution < 1.29 is 0 Å². The van der Waals surface area contributed by atoms with Gasteiger partial charge in [0.2, 0.25) is 0 Å². The smallest absolute Gasteiger partial charge is 0.0319 e. The number of rotatable bonds is 5. The van der Waals surface area contributed by atoms with Crippen molar-refractivity contribution in [3.8, 4) is 0 Å². The van der Waals surface area contributed by atoms with Crippen LogP contribution in [0.1, 0.15) is 32.6 Å². The lowest BCUT2D eigenvalue weighted by Crippen LogP contribution is -2.57. The zero-order valence-electron chi connectivity index (χ0n) is 7.97. The monoisotopic (exact) mass is 168 g/mol. The average molecular weight is 168 g/mol. The van der Waals surface area contributed by atoms with Gasteiger partial charge in [-0.2, -0.15) is 0 Å². The van der Waals surface area contributed by atoms with Crippen molar-refractivity contribution in [2.24, 2.45) is 5.92 Å². The maximum absolute atomic E-state index is 3.71. The van der Waals surface area contributed by atoms with E-state index < -0.39 is 0 Å². The first kappa shape index (κ1) is 8.52. The van der Waals surface area contributed by atoms with Crippen LogP contribution in [0.2, 0.25) is 0 Å². The summed E-state index contributed by atoms with van der Waals surface area (Å²) in [6.07, 6.45) is 5.70. The Hall–Kier alpha value is -0.0800. The van der Waals surface area contributed by atoms with Crippen molar-refractivity contribution in [3.63, 3.8) is 0 Å². The summed E-state index contributed by atoms with van der Waals surface area (Å²) in [5.74, 6) is 1.07. The lowest BCUT2D eigenvalue weighted by molar-refractivity contribution is 0.308. The largest absolute Gasteiger partial charge is 0.314 e. The summed E-state index contributed by atoms with van der Waals surface area (Å²) in [5, 5.41) is 7.01. The van der Waals surface area contributed by atoms with Crippen LogP contribution in [0, 0.1) is 5.92 Å². The Balaban J connectivity index is 1.65. The molecule has 1 saturated carbocycles. The molecule has 2 rings (SSSR count). The summed E-state index contributed by atoms with van der Waals surface area (Å²) in [6.45, 7) is 4.66. The molecule has 2 heteroatoms. The fourth-order valence-corrected chi connectivity index (χ4v) is 1.85. The van der Waals surface area contributed by atoms with Gasteiger partial charge in [-0.05, 0) is 18.8 Å². The summed E-state index contributed by atoms with van der Waals surface area (Å²) in [7, 11) is 0. The molecule has 0 bridgehead atoms. The van der Waals surface area contributed by atoms with E-state index in [1.165, 1.54) is 38.8 Å². The molecule has 0 amide bonds. The molecule has 0 radical (unpaired) electrons. The number of nitrogens with one attached hydrogen (secondary N) is 2. The quantitative estimate of drug-likeness (QED) is 0.643. The van der Waals surface area contributed by atoms with Gasteiger partial charge in [-0.3, -0.25) is 0 Å². The van der Waals surface area contributed by atoms with E-state index in [-0.39, 0.29) is 0 Å². The lowest BCUT2D eigenvalue weighted by atomic mass is 10.0. The average Bonchev–Trinajstić information content (AvgIpc) is 2.77. The van der Waals surface area contributed by atoms with E-state index in [1.54, 1.807) is 0 Å². The van der Waals surface area contributed by atoms with Crippen molar-refractivity contribution in [2.45, 2.75) is 44.7 Å². The topological polar surface area (TPSA) is 24.1 Å². The molecule has 2 N–H and O–H groups in total. The van der Waals surface area contributed by atoms with E-state index in [0.717, 1.165) is 18.0 Å². The van der Waals surface area contributed by atoms with Gasteiger partial charge in [-0.25, -0.2) is 0 Å². The molecule has 2 fully saturated rings. The van der Waals surface area contributed by atoms with E-state index in [4.69, 9.17) is 0 Å². The van der Waals surface area contributed by atoms with Crippen LogP contribution in [0.4, 0.5) is 0 Å². The van der Waals surface area contributed by atoms with Gasteiger partial charge in [0.05, 0.1) is 0 Å². The number of hydrogen-bond donors (Lipinski definition) is 2. The molecule has 1 heterocycles. The molecule has 0 aromatic carbocycles. The van der Waals surface area contributed by atoms with Crippen LogP contribution >= 0.6 is 0 Å². The summed E-state index contributed by atoms with van der Waals surface area (Å²) in [6, 6.07) is 1.57. The normalized spacial score (nSPS) is 26.8. The predicted molar refractivity (Wildman–Crippen MR) is 51.2 cm³/mol. The van der Waals surface area contributed by atoms with E-state index in [1.807, 2.05) is 0 Å². The van der Waals surface area contributed by atoms with Gasteiger partial charge in [0, 0.05) is 25.2 Å². The standard InChI is InChI=1S/C10H20N2/c1-2-9(5-8-3-4-8)12-10-6-11-7-10/h8-12H,2-7H2,1H3. The highest BCUT2D eigenvalue weighted by atomic mass is 15.1. The first-order valence-corrected chi connectivity index (χ1v) is 5.35. The Labute approximate surface area is 75.1 Å². The molecule has 0 spiro atoms. The molecule has 12 heavy (non-hydrogen) atoms. The molecule has 2 aliphatic rings. The second-order valence-electron chi connectivity index (χ2n) is 4.31. The van der Waals surface area contributed by atoms with Crippen LogP contribution in [0.3, 0.4) is 0 Å². The zero-order valence-corrected chi connectivity index (χ0v) is 7.97. The van der Waals surface area contributed by atoms with Crippen LogP contribution < -0.4 is 10.6 Å². The van der Waals surface area contributed by atoms with Gasteiger partial charge >= 0.3 is 0 Å². The molecule has 1 saturated heterocycles. The SMILES string of the molecule is CCC(CC1CC1)NC1CNC1. The molecule has 2 nitrogen and oxygen atoms in total. The minimum Gasteiger partial charge on any atom is -0.314 e. The van der Waals surface area contributed by atoms with Crippen LogP contribution in [0.25, 0.3) is 0 Å². The van der Waals surface area contributed by atoms with Gasteiger partial charge in [0.15, 0.2) is 0 Å². The second kappa shape index (κ2) is 3.75. The van der Waals surface area contributed by atoms with Crippen LogP contribution in [0.15, 0.2) is 0 Å². The van der Waals surface area contributed by atoms with E-state index in [0.29, 0.717) is 0 Å².